The number of aliphatic hydroxyl groups excluding tert-OH is 7. The van der Waals surface area contributed by atoms with Crippen molar-refractivity contribution in [2.24, 2.45) is 0 Å². The van der Waals surface area contributed by atoms with E-state index in [0.29, 0.717) is 6.42 Å². The molecular weight excluding hydrogens is 480 g/mol. The van der Waals surface area contributed by atoms with Crippen molar-refractivity contribution in [3.63, 3.8) is 0 Å². The maximum Gasteiger partial charge on any atom is 0.305 e. The van der Waals surface area contributed by atoms with Gasteiger partial charge < -0.3 is 54.7 Å². The summed E-state index contributed by atoms with van der Waals surface area (Å²) in [6, 6.07) is 0. The highest BCUT2D eigenvalue weighted by Gasteiger charge is 2.58. The van der Waals surface area contributed by atoms with E-state index in [-0.39, 0.29) is 6.42 Å². The maximum absolute atomic E-state index is 12.1. The van der Waals surface area contributed by atoms with Crippen LogP contribution in [0, 0.1) is 0 Å². The van der Waals surface area contributed by atoms with Crippen LogP contribution in [0.1, 0.15) is 71.1 Å². The van der Waals surface area contributed by atoms with Gasteiger partial charge >= 0.3 is 5.97 Å². The van der Waals surface area contributed by atoms with Gasteiger partial charge in [-0.2, -0.15) is 0 Å². The fourth-order valence-corrected chi connectivity index (χ4v) is 4.45. The van der Waals surface area contributed by atoms with Crippen LogP contribution in [0.2, 0.25) is 0 Å². The van der Waals surface area contributed by atoms with Crippen LogP contribution in [0.4, 0.5) is 0 Å². The first kappa shape index (κ1) is 31.3. The van der Waals surface area contributed by atoms with Crippen LogP contribution in [-0.2, 0) is 23.7 Å². The summed E-state index contributed by atoms with van der Waals surface area (Å²) in [6.45, 7) is 0.0841. The van der Waals surface area contributed by atoms with Gasteiger partial charge in [0.15, 0.2) is 6.29 Å². The molecule has 36 heavy (non-hydrogen) atoms. The molecule has 2 rings (SSSR count). The molecule has 9 atom stereocenters. The van der Waals surface area contributed by atoms with Crippen LogP contribution in [-0.4, -0.2) is 116 Å². The molecule has 2 fully saturated rings. The van der Waals surface area contributed by atoms with Gasteiger partial charge in [0.25, 0.3) is 0 Å². The lowest BCUT2D eigenvalue weighted by atomic mass is 9.99. The van der Waals surface area contributed by atoms with Crippen molar-refractivity contribution in [1.82, 2.24) is 0 Å². The van der Waals surface area contributed by atoms with E-state index >= 15 is 0 Å². The minimum absolute atomic E-state index is 0.192. The predicted octanol–water partition coefficient (Wildman–Crippen LogP) is -0.924. The smallest absolute Gasteiger partial charge is 0.305 e. The number of esters is 1. The number of ether oxygens (including phenoxy) is 4. The lowest BCUT2D eigenvalue weighted by Crippen LogP contribution is -2.62. The summed E-state index contributed by atoms with van der Waals surface area (Å²) in [5.41, 5.74) is 0. The third kappa shape index (κ3) is 8.29. The average Bonchev–Trinajstić information content (AvgIpc) is 3.12. The molecule has 0 amide bonds. The second kappa shape index (κ2) is 15.5. The zero-order valence-electron chi connectivity index (χ0n) is 21.0. The number of carbonyl (C=O) groups is 1. The van der Waals surface area contributed by atoms with E-state index in [1.54, 1.807) is 0 Å². The third-order valence-electron chi connectivity index (χ3n) is 6.78. The Balaban J connectivity index is 1.80. The second-order valence-electron chi connectivity index (χ2n) is 9.64. The number of hydrogen-bond acceptors (Lipinski definition) is 12. The van der Waals surface area contributed by atoms with E-state index in [1.807, 2.05) is 0 Å². The van der Waals surface area contributed by atoms with Crippen molar-refractivity contribution < 1.29 is 59.5 Å². The molecule has 2 aliphatic rings. The van der Waals surface area contributed by atoms with Gasteiger partial charge in [-0.15, -0.1) is 0 Å². The standard InChI is InChI=1S/C24H44O12/c1-2-3-4-5-6-7-8-9-10-11-17(27)33-13-16-18(28)20(30)21(31)23(34-16)36-24(14-26)22(32)19(29)15(12-25)35-24/h15-16,18-23,25-26,28-32H,2-14H2,1H3/t15-,16-,18-,19-,20+,21-,22+,23-,24+/m1/s1. The number of aliphatic hydroxyl groups is 7. The van der Waals surface area contributed by atoms with Gasteiger partial charge in [0, 0.05) is 6.42 Å². The minimum atomic E-state index is -2.27. The first-order chi connectivity index (χ1) is 17.2. The van der Waals surface area contributed by atoms with Crippen LogP contribution in [0.15, 0.2) is 0 Å². The van der Waals surface area contributed by atoms with Crippen molar-refractivity contribution in [2.75, 3.05) is 19.8 Å². The van der Waals surface area contributed by atoms with E-state index in [4.69, 9.17) is 18.9 Å². The van der Waals surface area contributed by atoms with Crippen LogP contribution < -0.4 is 0 Å². The van der Waals surface area contributed by atoms with Crippen LogP contribution in [0.5, 0.6) is 0 Å². The summed E-state index contributed by atoms with van der Waals surface area (Å²) >= 11 is 0. The van der Waals surface area contributed by atoms with E-state index in [2.05, 4.69) is 6.92 Å². The number of hydrogen-bond donors (Lipinski definition) is 7. The largest absolute Gasteiger partial charge is 0.463 e. The highest BCUT2D eigenvalue weighted by molar-refractivity contribution is 5.69. The Morgan fingerprint density at radius 2 is 1.42 bits per heavy atom. The molecule has 0 aromatic heterocycles. The van der Waals surface area contributed by atoms with Crippen molar-refractivity contribution in [3.8, 4) is 0 Å². The zero-order valence-corrected chi connectivity index (χ0v) is 21.0. The topological polar surface area (TPSA) is 196 Å². The molecule has 0 bridgehead atoms. The molecule has 2 aliphatic heterocycles. The molecule has 2 saturated heterocycles. The number of rotatable bonds is 16. The summed E-state index contributed by atoms with van der Waals surface area (Å²) in [4.78, 5) is 12.1. The molecule has 12 nitrogen and oxygen atoms in total. The second-order valence-corrected chi connectivity index (χ2v) is 9.64. The number of unbranched alkanes of at least 4 members (excludes halogenated alkanes) is 8. The van der Waals surface area contributed by atoms with Crippen LogP contribution in [0.25, 0.3) is 0 Å². The lowest BCUT2D eigenvalue weighted by Gasteiger charge is -2.43. The SMILES string of the molecule is CCCCCCCCCCCC(=O)OC[C@H]1O[C@H](O[C@]2(CO)O[C@H](CO)[C@@H](O)[C@@H]2O)[C@H](O)[C@@H](O)[C@@H]1O. The highest BCUT2D eigenvalue weighted by atomic mass is 16.8. The van der Waals surface area contributed by atoms with E-state index in [9.17, 15) is 40.5 Å². The summed E-state index contributed by atoms with van der Waals surface area (Å²) in [5, 5.41) is 70.1. The van der Waals surface area contributed by atoms with E-state index in [0.717, 1.165) is 19.3 Å². The molecule has 0 radical (unpaired) electrons. The summed E-state index contributed by atoms with van der Waals surface area (Å²) in [7, 11) is 0. The number of carbonyl (C=O) groups excluding carboxylic acids is 1. The molecule has 7 N–H and O–H groups in total. The molecular formula is C24H44O12. The molecule has 212 valence electrons. The Labute approximate surface area is 211 Å². The molecule has 12 heteroatoms. The first-order valence-electron chi connectivity index (χ1n) is 13.0. The van der Waals surface area contributed by atoms with Crippen molar-refractivity contribution in [2.45, 2.75) is 126 Å². The van der Waals surface area contributed by atoms with Gasteiger partial charge in [-0.25, -0.2) is 0 Å². The van der Waals surface area contributed by atoms with Gasteiger partial charge in [0.2, 0.25) is 5.79 Å². The minimum Gasteiger partial charge on any atom is -0.463 e. The van der Waals surface area contributed by atoms with Gasteiger partial charge in [0.1, 0.15) is 55.9 Å². The summed E-state index contributed by atoms with van der Waals surface area (Å²) in [6.07, 6.45) is -2.81. The zero-order chi connectivity index (χ0) is 26.7. The summed E-state index contributed by atoms with van der Waals surface area (Å²) in [5.74, 6) is -2.76. The van der Waals surface area contributed by atoms with Gasteiger partial charge in [-0.1, -0.05) is 58.3 Å². The Hall–Kier alpha value is -0.930. The molecule has 0 aromatic rings. The van der Waals surface area contributed by atoms with Gasteiger partial charge in [-0.3, -0.25) is 4.79 Å². The molecule has 0 unspecified atom stereocenters. The fourth-order valence-electron chi connectivity index (χ4n) is 4.45. The van der Waals surface area contributed by atoms with Crippen molar-refractivity contribution in [3.05, 3.63) is 0 Å². The van der Waals surface area contributed by atoms with Crippen LogP contribution in [0.3, 0.4) is 0 Å². The van der Waals surface area contributed by atoms with E-state index in [1.165, 1.54) is 32.1 Å². The summed E-state index contributed by atoms with van der Waals surface area (Å²) < 4.78 is 21.3. The monoisotopic (exact) mass is 524 g/mol. The normalized spacial score (nSPS) is 36.8. The van der Waals surface area contributed by atoms with Crippen molar-refractivity contribution >= 4 is 5.97 Å². The highest BCUT2D eigenvalue weighted by Crippen LogP contribution is 2.36. The molecule has 0 aromatic carbocycles. The third-order valence-corrected chi connectivity index (χ3v) is 6.78. The Morgan fingerprint density at radius 3 is 1.97 bits per heavy atom. The Kier molecular flexibility index (Phi) is 13.4. The lowest BCUT2D eigenvalue weighted by molar-refractivity contribution is -0.383. The molecule has 0 saturated carbocycles. The van der Waals surface area contributed by atoms with Gasteiger partial charge in [0.05, 0.1) is 6.61 Å². The maximum atomic E-state index is 12.1. The molecule has 2 heterocycles. The van der Waals surface area contributed by atoms with Crippen molar-refractivity contribution in [1.29, 1.82) is 0 Å². The average molecular weight is 525 g/mol. The van der Waals surface area contributed by atoms with E-state index < -0.39 is 80.6 Å². The Bertz CT molecular complexity index is 636. The predicted molar refractivity (Wildman–Crippen MR) is 124 cm³/mol. The van der Waals surface area contributed by atoms with Crippen LogP contribution >= 0.6 is 0 Å². The quantitative estimate of drug-likeness (QED) is 0.0970. The fraction of sp³-hybridized carbons (Fsp3) is 0.958. The Morgan fingerprint density at radius 1 is 0.806 bits per heavy atom. The first-order valence-corrected chi connectivity index (χ1v) is 13.0. The van der Waals surface area contributed by atoms with Gasteiger partial charge in [-0.05, 0) is 6.42 Å². The molecule has 0 spiro atoms. The molecule has 0 aliphatic carbocycles.